The minimum atomic E-state index is -0.280. The fourth-order valence-corrected chi connectivity index (χ4v) is 3.82. The van der Waals surface area contributed by atoms with E-state index in [1.807, 2.05) is 23.2 Å². The number of nitrogens with zero attached hydrogens (tertiary/aromatic N) is 3. The molecule has 0 spiro atoms. The lowest BCUT2D eigenvalue weighted by molar-refractivity contribution is -0.141. The summed E-state index contributed by atoms with van der Waals surface area (Å²) in [4.78, 5) is 21.5. The van der Waals surface area contributed by atoms with Crippen molar-refractivity contribution in [3.05, 3.63) is 22.8 Å². The van der Waals surface area contributed by atoms with E-state index in [4.69, 9.17) is 5.73 Å². The number of amides is 1. The molecule has 2 aliphatic rings. The van der Waals surface area contributed by atoms with Gasteiger partial charge in [0.05, 0.1) is 5.41 Å². The van der Waals surface area contributed by atoms with E-state index in [1.54, 1.807) is 0 Å². The first kappa shape index (κ1) is 21.5. The SMILES string of the molecule is Cl.Cl.NCC1(C(=O)N2CCN(c3ccc(Br)cn3)CC2)CCCC1. The van der Waals surface area contributed by atoms with E-state index in [1.165, 1.54) is 0 Å². The van der Waals surface area contributed by atoms with Crippen LogP contribution in [0.4, 0.5) is 5.82 Å². The molecule has 2 fully saturated rings. The lowest BCUT2D eigenvalue weighted by Crippen LogP contribution is -2.54. The monoisotopic (exact) mass is 438 g/mol. The predicted molar refractivity (Wildman–Crippen MR) is 105 cm³/mol. The van der Waals surface area contributed by atoms with Crippen LogP contribution in [0.2, 0.25) is 0 Å². The molecule has 1 aliphatic carbocycles. The summed E-state index contributed by atoms with van der Waals surface area (Å²) < 4.78 is 0.983. The first-order valence-corrected chi connectivity index (χ1v) is 8.80. The molecule has 1 aromatic heterocycles. The molecule has 0 atom stereocenters. The highest BCUT2D eigenvalue weighted by Gasteiger charge is 2.42. The van der Waals surface area contributed by atoms with Crippen molar-refractivity contribution in [2.45, 2.75) is 25.7 Å². The van der Waals surface area contributed by atoms with Gasteiger partial charge in [-0.25, -0.2) is 4.98 Å². The van der Waals surface area contributed by atoms with Gasteiger partial charge in [-0.1, -0.05) is 12.8 Å². The van der Waals surface area contributed by atoms with Crippen molar-refractivity contribution >= 4 is 52.5 Å². The molecule has 0 unspecified atom stereocenters. The zero-order valence-corrected chi connectivity index (χ0v) is 16.8. The Balaban J connectivity index is 0.00000144. The van der Waals surface area contributed by atoms with E-state index in [9.17, 15) is 4.79 Å². The van der Waals surface area contributed by atoms with Crippen LogP contribution in [0.5, 0.6) is 0 Å². The summed E-state index contributed by atoms with van der Waals surface area (Å²) in [6.45, 7) is 3.68. The van der Waals surface area contributed by atoms with Gasteiger partial charge in [0.2, 0.25) is 5.91 Å². The molecule has 24 heavy (non-hydrogen) atoms. The molecular formula is C16H25BrCl2N4O. The number of anilines is 1. The Morgan fingerprint density at radius 1 is 1.17 bits per heavy atom. The van der Waals surface area contributed by atoms with E-state index >= 15 is 0 Å². The van der Waals surface area contributed by atoms with E-state index in [0.29, 0.717) is 6.54 Å². The second-order valence-electron chi connectivity index (χ2n) is 6.31. The summed E-state index contributed by atoms with van der Waals surface area (Å²) in [5, 5.41) is 0. The Hall–Kier alpha value is -0.560. The molecule has 1 saturated carbocycles. The topological polar surface area (TPSA) is 62.5 Å². The minimum Gasteiger partial charge on any atom is -0.353 e. The number of halogens is 3. The van der Waals surface area contributed by atoms with Crippen LogP contribution in [0.15, 0.2) is 22.8 Å². The number of hydrogen-bond acceptors (Lipinski definition) is 4. The van der Waals surface area contributed by atoms with Crippen LogP contribution in [0.3, 0.4) is 0 Å². The maximum Gasteiger partial charge on any atom is 0.230 e. The van der Waals surface area contributed by atoms with Gasteiger partial charge >= 0.3 is 0 Å². The number of aromatic nitrogens is 1. The zero-order valence-electron chi connectivity index (χ0n) is 13.6. The number of carbonyl (C=O) groups is 1. The quantitative estimate of drug-likeness (QED) is 0.786. The zero-order chi connectivity index (χ0) is 15.6. The summed E-state index contributed by atoms with van der Waals surface area (Å²) in [5.41, 5.74) is 5.66. The molecule has 0 bridgehead atoms. The Morgan fingerprint density at radius 3 is 2.29 bits per heavy atom. The fourth-order valence-electron chi connectivity index (χ4n) is 3.59. The van der Waals surface area contributed by atoms with Gasteiger partial charge in [0.1, 0.15) is 5.82 Å². The molecule has 2 N–H and O–H groups in total. The van der Waals surface area contributed by atoms with E-state index in [2.05, 4.69) is 25.8 Å². The maximum atomic E-state index is 12.8. The molecule has 2 heterocycles. The van der Waals surface area contributed by atoms with Crippen LogP contribution in [-0.2, 0) is 4.79 Å². The normalized spacial score (nSPS) is 19.4. The average Bonchev–Trinajstić information content (AvgIpc) is 3.05. The molecule has 5 nitrogen and oxygen atoms in total. The molecule has 0 radical (unpaired) electrons. The maximum absolute atomic E-state index is 12.8. The highest BCUT2D eigenvalue weighted by Crippen LogP contribution is 2.39. The van der Waals surface area contributed by atoms with Crippen molar-refractivity contribution in [1.82, 2.24) is 9.88 Å². The van der Waals surface area contributed by atoms with Crippen LogP contribution in [-0.4, -0.2) is 48.5 Å². The van der Waals surface area contributed by atoms with Crippen molar-refractivity contribution in [1.29, 1.82) is 0 Å². The second kappa shape index (κ2) is 9.22. The van der Waals surface area contributed by atoms with Crippen molar-refractivity contribution in [3.8, 4) is 0 Å². The average molecular weight is 440 g/mol. The number of pyridine rings is 1. The van der Waals surface area contributed by atoms with Gasteiger partial charge in [-0.15, -0.1) is 24.8 Å². The lowest BCUT2D eigenvalue weighted by atomic mass is 9.84. The van der Waals surface area contributed by atoms with Crippen molar-refractivity contribution < 1.29 is 4.79 Å². The van der Waals surface area contributed by atoms with Gasteiger partial charge in [-0.3, -0.25) is 4.79 Å². The first-order valence-electron chi connectivity index (χ1n) is 8.01. The molecule has 1 aromatic rings. The number of nitrogens with two attached hydrogens (primary N) is 1. The molecule has 1 saturated heterocycles. The second-order valence-corrected chi connectivity index (χ2v) is 7.22. The lowest BCUT2D eigenvalue weighted by Gasteiger charge is -2.39. The van der Waals surface area contributed by atoms with Crippen LogP contribution in [0.1, 0.15) is 25.7 Å². The Labute approximate surface area is 164 Å². The van der Waals surface area contributed by atoms with Gasteiger partial charge in [0, 0.05) is 43.4 Å². The summed E-state index contributed by atoms with van der Waals surface area (Å²) in [5.74, 6) is 1.25. The Bertz CT molecular complexity index is 529. The van der Waals surface area contributed by atoms with Crippen molar-refractivity contribution in [2.75, 3.05) is 37.6 Å². The summed E-state index contributed by atoms with van der Waals surface area (Å²) >= 11 is 3.40. The summed E-state index contributed by atoms with van der Waals surface area (Å²) in [6, 6.07) is 4.02. The molecule has 8 heteroatoms. The largest absolute Gasteiger partial charge is 0.353 e. The van der Waals surface area contributed by atoms with Crippen LogP contribution >= 0.6 is 40.7 Å². The number of piperazine rings is 1. The minimum absolute atomic E-state index is 0. The highest BCUT2D eigenvalue weighted by molar-refractivity contribution is 9.10. The molecular weight excluding hydrogens is 415 g/mol. The Kier molecular flexibility index (Phi) is 8.26. The molecule has 3 rings (SSSR count). The third-order valence-corrected chi connectivity index (χ3v) is 5.48. The number of hydrogen-bond donors (Lipinski definition) is 1. The van der Waals surface area contributed by atoms with E-state index in [0.717, 1.165) is 62.2 Å². The van der Waals surface area contributed by atoms with Gasteiger partial charge in [0.15, 0.2) is 0 Å². The van der Waals surface area contributed by atoms with Crippen LogP contribution < -0.4 is 10.6 Å². The summed E-state index contributed by atoms with van der Waals surface area (Å²) in [6.07, 6.45) is 5.99. The predicted octanol–water partition coefficient (Wildman–Crippen LogP) is 2.86. The third-order valence-electron chi connectivity index (χ3n) is 5.01. The molecule has 1 amide bonds. The van der Waals surface area contributed by atoms with Gasteiger partial charge < -0.3 is 15.5 Å². The van der Waals surface area contributed by atoms with Crippen molar-refractivity contribution in [2.24, 2.45) is 11.1 Å². The molecule has 136 valence electrons. The highest BCUT2D eigenvalue weighted by atomic mass is 79.9. The van der Waals surface area contributed by atoms with Crippen LogP contribution in [0.25, 0.3) is 0 Å². The smallest absolute Gasteiger partial charge is 0.230 e. The standard InChI is InChI=1S/C16H23BrN4O.2ClH/c17-13-3-4-14(19-11-13)20-7-9-21(10-8-20)15(22)16(12-18)5-1-2-6-16;;/h3-4,11H,1-2,5-10,12,18H2;2*1H. The number of rotatable bonds is 3. The fraction of sp³-hybridized carbons (Fsp3) is 0.625. The molecule has 1 aliphatic heterocycles. The van der Waals surface area contributed by atoms with E-state index in [-0.39, 0.29) is 36.1 Å². The Morgan fingerprint density at radius 2 is 1.79 bits per heavy atom. The van der Waals surface area contributed by atoms with Gasteiger partial charge in [-0.2, -0.15) is 0 Å². The molecule has 0 aromatic carbocycles. The van der Waals surface area contributed by atoms with E-state index < -0.39 is 0 Å². The van der Waals surface area contributed by atoms with Crippen LogP contribution in [0, 0.1) is 5.41 Å². The third kappa shape index (κ3) is 4.34. The van der Waals surface area contributed by atoms with Gasteiger partial charge in [0.25, 0.3) is 0 Å². The van der Waals surface area contributed by atoms with Gasteiger partial charge in [-0.05, 0) is 40.9 Å². The van der Waals surface area contributed by atoms with Crippen molar-refractivity contribution in [3.63, 3.8) is 0 Å². The summed E-state index contributed by atoms with van der Waals surface area (Å²) in [7, 11) is 0. The number of carbonyl (C=O) groups excluding carboxylic acids is 1. The first-order chi connectivity index (χ1) is 10.6.